The van der Waals surface area contributed by atoms with E-state index >= 15 is 0 Å². The van der Waals surface area contributed by atoms with E-state index in [4.69, 9.17) is 8.94 Å². The lowest BCUT2D eigenvalue weighted by Crippen LogP contribution is -2.13. The molecule has 0 unspecified atom stereocenters. The first-order chi connectivity index (χ1) is 9.22. The van der Waals surface area contributed by atoms with Crippen LogP contribution >= 0.6 is 0 Å². The van der Waals surface area contributed by atoms with Crippen LogP contribution in [0.1, 0.15) is 16.3 Å². The fourth-order valence-corrected chi connectivity index (χ4v) is 1.48. The number of carbonyl (C=O) groups excluding carboxylic acids is 1. The van der Waals surface area contributed by atoms with Gasteiger partial charge in [-0.25, -0.2) is 0 Å². The lowest BCUT2D eigenvalue weighted by Gasteiger charge is -1.94. The van der Waals surface area contributed by atoms with E-state index in [1.165, 1.54) is 12.3 Å². The SMILES string of the molecule is Cc1nc(NC(=O)c2cc(-c3ccco3)on2)n[nH]1. The van der Waals surface area contributed by atoms with Crippen LogP contribution in [-0.2, 0) is 0 Å². The molecular weight excluding hydrogens is 250 g/mol. The van der Waals surface area contributed by atoms with Gasteiger partial charge < -0.3 is 8.94 Å². The van der Waals surface area contributed by atoms with E-state index in [1.54, 1.807) is 19.1 Å². The standard InChI is InChI=1S/C11H9N5O3/c1-6-12-11(15-14-6)13-10(17)7-5-9(19-16-7)8-3-2-4-18-8/h2-5H,1H3,(H2,12,13,14,15,17). The Morgan fingerprint density at radius 2 is 2.32 bits per heavy atom. The Bertz CT molecular complexity index is 698. The van der Waals surface area contributed by atoms with Gasteiger partial charge in [0.1, 0.15) is 5.82 Å². The molecule has 0 aromatic carbocycles. The number of rotatable bonds is 3. The molecule has 0 spiro atoms. The summed E-state index contributed by atoms with van der Waals surface area (Å²) in [6.45, 7) is 1.73. The molecule has 8 heteroatoms. The maximum Gasteiger partial charge on any atom is 0.280 e. The van der Waals surface area contributed by atoms with E-state index in [0.717, 1.165) is 0 Å². The highest BCUT2D eigenvalue weighted by atomic mass is 16.5. The second kappa shape index (κ2) is 4.41. The molecule has 0 aliphatic carbocycles. The second-order valence-electron chi connectivity index (χ2n) is 3.75. The fourth-order valence-electron chi connectivity index (χ4n) is 1.48. The van der Waals surface area contributed by atoms with Crippen LogP contribution in [0.2, 0.25) is 0 Å². The van der Waals surface area contributed by atoms with Crippen molar-refractivity contribution in [3.05, 3.63) is 36.0 Å². The summed E-state index contributed by atoms with van der Waals surface area (Å²) in [5.41, 5.74) is 0.119. The van der Waals surface area contributed by atoms with Gasteiger partial charge in [-0.15, -0.1) is 5.10 Å². The second-order valence-corrected chi connectivity index (χ2v) is 3.75. The number of nitrogens with zero attached hydrogens (tertiary/aromatic N) is 3. The summed E-state index contributed by atoms with van der Waals surface area (Å²) in [5, 5.41) is 12.6. The van der Waals surface area contributed by atoms with Crippen LogP contribution in [0.5, 0.6) is 0 Å². The Morgan fingerprint density at radius 3 is 3.00 bits per heavy atom. The van der Waals surface area contributed by atoms with Crippen molar-refractivity contribution >= 4 is 11.9 Å². The van der Waals surface area contributed by atoms with Crippen molar-refractivity contribution in [1.82, 2.24) is 20.3 Å². The third-order valence-electron chi connectivity index (χ3n) is 2.33. The van der Waals surface area contributed by atoms with Crippen molar-refractivity contribution < 1.29 is 13.7 Å². The van der Waals surface area contributed by atoms with Gasteiger partial charge in [0.05, 0.1) is 6.26 Å². The first-order valence-corrected chi connectivity index (χ1v) is 5.43. The molecular formula is C11H9N5O3. The Hall–Kier alpha value is -2.90. The molecule has 3 heterocycles. The predicted molar refractivity (Wildman–Crippen MR) is 63.3 cm³/mol. The summed E-state index contributed by atoms with van der Waals surface area (Å²) in [6.07, 6.45) is 1.51. The molecule has 1 amide bonds. The van der Waals surface area contributed by atoms with Crippen molar-refractivity contribution in [1.29, 1.82) is 0 Å². The zero-order chi connectivity index (χ0) is 13.2. The van der Waals surface area contributed by atoms with E-state index in [-0.39, 0.29) is 11.6 Å². The molecule has 0 aliphatic heterocycles. The van der Waals surface area contributed by atoms with Gasteiger partial charge in [0, 0.05) is 6.07 Å². The normalized spacial score (nSPS) is 10.6. The molecule has 3 rings (SSSR count). The molecule has 0 radical (unpaired) electrons. The number of nitrogens with one attached hydrogen (secondary N) is 2. The van der Waals surface area contributed by atoms with E-state index in [2.05, 4.69) is 25.7 Å². The Balaban J connectivity index is 1.77. The number of furan rings is 1. The summed E-state index contributed by atoms with van der Waals surface area (Å²) in [4.78, 5) is 15.8. The van der Waals surface area contributed by atoms with Gasteiger partial charge >= 0.3 is 0 Å². The molecule has 19 heavy (non-hydrogen) atoms. The molecule has 0 bridgehead atoms. The molecule has 0 fully saturated rings. The average Bonchev–Trinajstić information content (AvgIpc) is 3.08. The monoisotopic (exact) mass is 259 g/mol. The number of aromatic amines is 1. The summed E-state index contributed by atoms with van der Waals surface area (Å²) in [5.74, 6) is 1.21. The van der Waals surface area contributed by atoms with Crippen LogP contribution in [-0.4, -0.2) is 26.2 Å². The van der Waals surface area contributed by atoms with Crippen LogP contribution in [0.3, 0.4) is 0 Å². The first kappa shape index (κ1) is 11.2. The summed E-state index contributed by atoms with van der Waals surface area (Å²) in [6, 6.07) is 4.91. The Morgan fingerprint density at radius 1 is 1.42 bits per heavy atom. The van der Waals surface area contributed by atoms with Crippen LogP contribution in [0.4, 0.5) is 5.95 Å². The highest BCUT2D eigenvalue weighted by Gasteiger charge is 2.16. The topological polar surface area (TPSA) is 110 Å². The number of aryl methyl sites for hydroxylation is 1. The van der Waals surface area contributed by atoms with Gasteiger partial charge in [-0.05, 0) is 19.1 Å². The number of hydrogen-bond donors (Lipinski definition) is 2. The van der Waals surface area contributed by atoms with Crippen LogP contribution < -0.4 is 5.32 Å². The summed E-state index contributed by atoms with van der Waals surface area (Å²) < 4.78 is 10.2. The van der Waals surface area contributed by atoms with Crippen molar-refractivity contribution in [2.75, 3.05) is 5.32 Å². The molecule has 0 saturated carbocycles. The van der Waals surface area contributed by atoms with Gasteiger partial charge in [-0.1, -0.05) is 5.16 Å². The minimum Gasteiger partial charge on any atom is -0.461 e. The van der Waals surface area contributed by atoms with Gasteiger partial charge in [-0.2, -0.15) is 4.98 Å². The molecule has 2 N–H and O–H groups in total. The van der Waals surface area contributed by atoms with Gasteiger partial charge in [-0.3, -0.25) is 15.2 Å². The minimum absolute atomic E-state index is 0.119. The summed E-state index contributed by atoms with van der Waals surface area (Å²) >= 11 is 0. The number of H-pyrrole nitrogens is 1. The van der Waals surface area contributed by atoms with E-state index in [0.29, 0.717) is 17.3 Å². The number of amides is 1. The maximum atomic E-state index is 11.8. The third kappa shape index (κ3) is 2.23. The lowest BCUT2D eigenvalue weighted by atomic mass is 10.3. The third-order valence-corrected chi connectivity index (χ3v) is 2.33. The van der Waals surface area contributed by atoms with E-state index in [9.17, 15) is 4.79 Å². The van der Waals surface area contributed by atoms with Crippen LogP contribution in [0, 0.1) is 6.92 Å². The van der Waals surface area contributed by atoms with Gasteiger partial charge in [0.25, 0.3) is 5.91 Å². The molecule has 0 saturated heterocycles. The zero-order valence-corrected chi connectivity index (χ0v) is 9.88. The molecule has 96 valence electrons. The first-order valence-electron chi connectivity index (χ1n) is 5.43. The van der Waals surface area contributed by atoms with Crippen molar-refractivity contribution in [2.24, 2.45) is 0 Å². The average molecular weight is 259 g/mol. The van der Waals surface area contributed by atoms with E-state index < -0.39 is 5.91 Å². The molecule has 3 aromatic heterocycles. The fraction of sp³-hybridized carbons (Fsp3) is 0.0909. The zero-order valence-electron chi connectivity index (χ0n) is 9.88. The number of carbonyl (C=O) groups is 1. The number of anilines is 1. The van der Waals surface area contributed by atoms with Crippen molar-refractivity contribution in [3.8, 4) is 11.5 Å². The Kier molecular flexibility index (Phi) is 2.60. The minimum atomic E-state index is -0.458. The highest BCUT2D eigenvalue weighted by molar-refractivity contribution is 6.02. The molecule has 0 atom stereocenters. The number of hydrogen-bond acceptors (Lipinski definition) is 6. The largest absolute Gasteiger partial charge is 0.461 e. The number of aromatic nitrogens is 4. The van der Waals surface area contributed by atoms with Crippen LogP contribution in [0.15, 0.2) is 33.4 Å². The molecule has 3 aromatic rings. The lowest BCUT2D eigenvalue weighted by molar-refractivity contribution is 0.101. The van der Waals surface area contributed by atoms with Crippen LogP contribution in [0.25, 0.3) is 11.5 Å². The smallest absolute Gasteiger partial charge is 0.280 e. The van der Waals surface area contributed by atoms with E-state index in [1.807, 2.05) is 0 Å². The van der Waals surface area contributed by atoms with Gasteiger partial charge in [0.2, 0.25) is 11.7 Å². The summed E-state index contributed by atoms with van der Waals surface area (Å²) in [7, 11) is 0. The highest BCUT2D eigenvalue weighted by Crippen LogP contribution is 2.20. The maximum absolute atomic E-state index is 11.8. The van der Waals surface area contributed by atoms with Crippen molar-refractivity contribution in [2.45, 2.75) is 6.92 Å². The van der Waals surface area contributed by atoms with Crippen molar-refractivity contribution in [3.63, 3.8) is 0 Å². The molecule has 0 aliphatic rings. The quantitative estimate of drug-likeness (QED) is 0.739. The molecule has 8 nitrogen and oxygen atoms in total. The van der Waals surface area contributed by atoms with Gasteiger partial charge in [0.15, 0.2) is 11.5 Å². The Labute approximate surface area is 106 Å². The predicted octanol–water partition coefficient (Wildman–Crippen LogP) is 1.61.